The van der Waals surface area contributed by atoms with Crippen molar-refractivity contribution in [3.05, 3.63) is 35.4 Å². The minimum Gasteiger partial charge on any atom is -0.314 e. The summed E-state index contributed by atoms with van der Waals surface area (Å²) in [6.07, 6.45) is 0.601. The second-order valence-electron chi connectivity index (χ2n) is 4.69. The number of piperazine rings is 1. The van der Waals surface area contributed by atoms with Crippen molar-refractivity contribution in [3.63, 3.8) is 0 Å². The fourth-order valence-corrected chi connectivity index (χ4v) is 2.53. The van der Waals surface area contributed by atoms with Crippen LogP contribution in [0.15, 0.2) is 24.3 Å². The van der Waals surface area contributed by atoms with Crippen molar-refractivity contribution in [2.75, 3.05) is 32.9 Å². The van der Waals surface area contributed by atoms with E-state index in [0.717, 1.165) is 26.2 Å². The van der Waals surface area contributed by atoms with Gasteiger partial charge in [0.15, 0.2) is 0 Å². The molecule has 1 N–H and O–H groups in total. The Hall–Kier alpha value is -0.930. The molecule has 2 rings (SSSR count). The van der Waals surface area contributed by atoms with Crippen LogP contribution in [0.3, 0.4) is 0 Å². The number of alkyl halides is 1. The molecule has 1 fully saturated rings. The Labute approximate surface area is 103 Å². The molecule has 1 aliphatic rings. The molecule has 2 nitrogen and oxygen atoms in total. The van der Waals surface area contributed by atoms with Crippen molar-refractivity contribution in [1.82, 2.24) is 10.2 Å². The van der Waals surface area contributed by atoms with Gasteiger partial charge in [-0.1, -0.05) is 29.8 Å². The minimum absolute atomic E-state index is 0.238. The summed E-state index contributed by atoms with van der Waals surface area (Å²) in [4.78, 5) is 2.39. The third kappa shape index (κ3) is 3.27. The van der Waals surface area contributed by atoms with Gasteiger partial charge in [0.05, 0.1) is 6.67 Å². The molecule has 1 aliphatic heterocycles. The highest BCUT2D eigenvalue weighted by Crippen LogP contribution is 2.25. The number of aryl methyl sites for hydroxylation is 1. The maximum atomic E-state index is 12.7. The SMILES string of the molecule is Cc1cccc([C@@H](CCF)N2CCNCC2)c1. The maximum absolute atomic E-state index is 12.7. The van der Waals surface area contributed by atoms with Crippen molar-refractivity contribution in [2.24, 2.45) is 0 Å². The summed E-state index contributed by atoms with van der Waals surface area (Å²) in [5.74, 6) is 0. The molecule has 1 atom stereocenters. The van der Waals surface area contributed by atoms with Gasteiger partial charge in [0.1, 0.15) is 0 Å². The van der Waals surface area contributed by atoms with Crippen LogP contribution in [0.5, 0.6) is 0 Å². The van der Waals surface area contributed by atoms with Crippen LogP contribution in [0.2, 0.25) is 0 Å². The number of nitrogens with one attached hydrogen (secondary N) is 1. The fourth-order valence-electron chi connectivity index (χ4n) is 2.53. The Morgan fingerprint density at radius 3 is 2.76 bits per heavy atom. The van der Waals surface area contributed by atoms with Gasteiger partial charge in [-0.2, -0.15) is 0 Å². The summed E-state index contributed by atoms with van der Waals surface area (Å²) in [6, 6.07) is 8.70. The van der Waals surface area contributed by atoms with Gasteiger partial charge in [-0.05, 0) is 18.9 Å². The number of nitrogens with zero attached hydrogens (tertiary/aromatic N) is 1. The van der Waals surface area contributed by atoms with Gasteiger partial charge in [0, 0.05) is 32.2 Å². The van der Waals surface area contributed by atoms with E-state index in [-0.39, 0.29) is 12.7 Å². The third-order valence-corrected chi connectivity index (χ3v) is 3.40. The van der Waals surface area contributed by atoms with Crippen LogP contribution < -0.4 is 5.32 Å². The molecule has 94 valence electrons. The van der Waals surface area contributed by atoms with Gasteiger partial charge in [-0.25, -0.2) is 0 Å². The zero-order valence-electron chi connectivity index (χ0n) is 10.5. The van der Waals surface area contributed by atoms with E-state index in [2.05, 4.69) is 41.4 Å². The number of halogens is 1. The first kappa shape index (κ1) is 12.5. The van der Waals surface area contributed by atoms with E-state index >= 15 is 0 Å². The number of benzene rings is 1. The molecule has 0 aromatic heterocycles. The predicted molar refractivity (Wildman–Crippen MR) is 69.0 cm³/mol. The van der Waals surface area contributed by atoms with Crippen LogP contribution in [0, 0.1) is 6.92 Å². The average Bonchev–Trinajstić information content (AvgIpc) is 2.37. The van der Waals surface area contributed by atoms with Gasteiger partial charge >= 0.3 is 0 Å². The summed E-state index contributed by atoms with van der Waals surface area (Å²) >= 11 is 0. The summed E-state index contributed by atoms with van der Waals surface area (Å²) in [5, 5.41) is 3.34. The summed E-state index contributed by atoms with van der Waals surface area (Å²) < 4.78 is 12.7. The van der Waals surface area contributed by atoms with Crippen LogP contribution in [0.25, 0.3) is 0 Å². The predicted octanol–water partition coefficient (Wildman–Crippen LogP) is 2.30. The second-order valence-corrected chi connectivity index (χ2v) is 4.69. The molecule has 0 unspecified atom stereocenters. The first-order valence-electron chi connectivity index (χ1n) is 6.38. The van der Waals surface area contributed by atoms with Crippen molar-refractivity contribution < 1.29 is 4.39 Å². The lowest BCUT2D eigenvalue weighted by atomic mass is 10.00. The molecular formula is C14H21FN2. The summed E-state index contributed by atoms with van der Waals surface area (Å²) in [6.45, 7) is 5.89. The number of rotatable bonds is 4. The van der Waals surface area contributed by atoms with Gasteiger partial charge in [-0.15, -0.1) is 0 Å². The number of hydrogen-bond acceptors (Lipinski definition) is 2. The van der Waals surface area contributed by atoms with E-state index in [1.807, 2.05) is 0 Å². The van der Waals surface area contributed by atoms with E-state index < -0.39 is 0 Å². The highest BCUT2D eigenvalue weighted by Gasteiger charge is 2.21. The Morgan fingerprint density at radius 1 is 1.35 bits per heavy atom. The topological polar surface area (TPSA) is 15.3 Å². The highest BCUT2D eigenvalue weighted by atomic mass is 19.1. The molecule has 1 aromatic carbocycles. The third-order valence-electron chi connectivity index (χ3n) is 3.40. The van der Waals surface area contributed by atoms with Gasteiger partial charge in [0.25, 0.3) is 0 Å². The first-order valence-corrected chi connectivity index (χ1v) is 6.38. The lowest BCUT2D eigenvalue weighted by molar-refractivity contribution is 0.157. The van der Waals surface area contributed by atoms with E-state index in [9.17, 15) is 4.39 Å². The van der Waals surface area contributed by atoms with E-state index in [4.69, 9.17) is 0 Å². The molecule has 0 bridgehead atoms. The molecule has 1 saturated heterocycles. The molecule has 0 radical (unpaired) electrons. The Balaban J connectivity index is 2.15. The van der Waals surface area contributed by atoms with Gasteiger partial charge in [0.2, 0.25) is 0 Å². The van der Waals surface area contributed by atoms with E-state index in [0.29, 0.717) is 6.42 Å². The molecule has 1 heterocycles. The Morgan fingerprint density at radius 2 is 2.12 bits per heavy atom. The molecule has 3 heteroatoms. The summed E-state index contributed by atoms with van der Waals surface area (Å²) in [7, 11) is 0. The van der Waals surface area contributed by atoms with Crippen LogP contribution >= 0.6 is 0 Å². The Kier molecular flexibility index (Phi) is 4.51. The molecule has 0 saturated carbocycles. The second kappa shape index (κ2) is 6.12. The van der Waals surface area contributed by atoms with E-state index in [1.165, 1.54) is 11.1 Å². The zero-order valence-corrected chi connectivity index (χ0v) is 10.5. The maximum Gasteiger partial charge on any atom is 0.0912 e. The monoisotopic (exact) mass is 236 g/mol. The molecule has 0 aliphatic carbocycles. The van der Waals surface area contributed by atoms with Crippen molar-refractivity contribution in [2.45, 2.75) is 19.4 Å². The van der Waals surface area contributed by atoms with Crippen LogP contribution in [-0.2, 0) is 0 Å². The molecule has 0 amide bonds. The molecule has 17 heavy (non-hydrogen) atoms. The smallest absolute Gasteiger partial charge is 0.0912 e. The average molecular weight is 236 g/mol. The van der Waals surface area contributed by atoms with Crippen molar-refractivity contribution >= 4 is 0 Å². The minimum atomic E-state index is -0.247. The molecule has 0 spiro atoms. The lowest BCUT2D eigenvalue weighted by Crippen LogP contribution is -2.45. The Bertz CT molecular complexity index is 348. The standard InChI is InChI=1S/C14H21FN2/c1-12-3-2-4-13(11-12)14(5-6-15)17-9-7-16-8-10-17/h2-4,11,14,16H,5-10H2,1H3/t14-/m1/s1. The van der Waals surface area contributed by atoms with Crippen molar-refractivity contribution in [3.8, 4) is 0 Å². The molecule has 1 aromatic rings. The van der Waals surface area contributed by atoms with Crippen LogP contribution in [-0.4, -0.2) is 37.8 Å². The summed E-state index contributed by atoms with van der Waals surface area (Å²) in [5.41, 5.74) is 2.51. The fraction of sp³-hybridized carbons (Fsp3) is 0.571. The van der Waals surface area contributed by atoms with Crippen LogP contribution in [0.1, 0.15) is 23.6 Å². The quantitative estimate of drug-likeness (QED) is 0.863. The number of hydrogen-bond donors (Lipinski definition) is 1. The van der Waals surface area contributed by atoms with Gasteiger partial charge in [-0.3, -0.25) is 9.29 Å². The first-order chi connectivity index (χ1) is 8.31. The lowest BCUT2D eigenvalue weighted by Gasteiger charge is -2.35. The normalized spacial score (nSPS) is 19.2. The largest absolute Gasteiger partial charge is 0.314 e. The van der Waals surface area contributed by atoms with E-state index in [1.54, 1.807) is 0 Å². The van der Waals surface area contributed by atoms with Gasteiger partial charge < -0.3 is 5.32 Å². The van der Waals surface area contributed by atoms with Crippen molar-refractivity contribution in [1.29, 1.82) is 0 Å². The molecular weight excluding hydrogens is 215 g/mol. The zero-order chi connectivity index (χ0) is 12.1. The highest BCUT2D eigenvalue weighted by molar-refractivity contribution is 5.25. The van der Waals surface area contributed by atoms with Crippen LogP contribution in [0.4, 0.5) is 4.39 Å².